The second-order valence-corrected chi connectivity index (χ2v) is 5.43. The summed E-state index contributed by atoms with van der Waals surface area (Å²) in [5, 5.41) is 0. The fraction of sp³-hybridized carbons (Fsp3) is 0.353. The molecule has 21 heavy (non-hydrogen) atoms. The van der Waals surface area contributed by atoms with Crippen molar-refractivity contribution in [1.29, 1.82) is 0 Å². The van der Waals surface area contributed by atoms with Crippen molar-refractivity contribution >= 4 is 11.6 Å². The number of hydrogen-bond acceptors (Lipinski definition) is 3. The minimum atomic E-state index is -0.0930. The SMILES string of the molecule is COc1ccc(N(C(=O)c2ccco2)[C@@H](C)C2CC2)cc1. The zero-order valence-electron chi connectivity index (χ0n) is 12.3. The Labute approximate surface area is 124 Å². The molecular formula is C17H19NO3. The lowest BCUT2D eigenvalue weighted by Gasteiger charge is -2.29. The number of amides is 1. The number of methoxy groups -OCH3 is 1. The molecule has 2 aromatic rings. The number of ether oxygens (including phenoxy) is 1. The average molecular weight is 285 g/mol. The van der Waals surface area contributed by atoms with Gasteiger partial charge in [-0.25, -0.2) is 0 Å². The van der Waals surface area contributed by atoms with E-state index < -0.39 is 0 Å². The van der Waals surface area contributed by atoms with Gasteiger partial charge in [-0.05, 0) is 62.1 Å². The number of furan rings is 1. The molecule has 0 N–H and O–H groups in total. The van der Waals surface area contributed by atoms with Crippen molar-refractivity contribution in [3.63, 3.8) is 0 Å². The van der Waals surface area contributed by atoms with E-state index in [2.05, 4.69) is 6.92 Å². The Balaban J connectivity index is 1.92. The molecular weight excluding hydrogens is 266 g/mol. The largest absolute Gasteiger partial charge is 0.497 e. The zero-order valence-corrected chi connectivity index (χ0v) is 12.3. The maximum absolute atomic E-state index is 12.7. The van der Waals surface area contributed by atoms with Gasteiger partial charge in [-0.2, -0.15) is 0 Å². The van der Waals surface area contributed by atoms with E-state index in [0.717, 1.165) is 11.4 Å². The molecule has 1 saturated carbocycles. The standard InChI is InChI=1S/C17H19NO3/c1-12(13-5-6-13)18(17(19)16-4-3-11-21-16)14-7-9-15(20-2)10-8-14/h3-4,7-13H,5-6H2,1-2H3/t12-/m0/s1. The monoisotopic (exact) mass is 285 g/mol. The molecule has 0 spiro atoms. The number of carbonyl (C=O) groups excluding carboxylic acids is 1. The molecule has 0 saturated heterocycles. The molecule has 1 aromatic heterocycles. The number of anilines is 1. The molecule has 4 heteroatoms. The van der Waals surface area contributed by atoms with E-state index in [4.69, 9.17) is 9.15 Å². The molecule has 1 aromatic carbocycles. The van der Waals surface area contributed by atoms with E-state index >= 15 is 0 Å². The van der Waals surface area contributed by atoms with Crippen LogP contribution < -0.4 is 9.64 Å². The van der Waals surface area contributed by atoms with Gasteiger partial charge in [0.2, 0.25) is 0 Å². The molecule has 1 aliphatic rings. The first kappa shape index (κ1) is 13.7. The fourth-order valence-electron chi connectivity index (χ4n) is 2.59. The van der Waals surface area contributed by atoms with Gasteiger partial charge in [-0.1, -0.05) is 0 Å². The smallest absolute Gasteiger partial charge is 0.294 e. The normalized spacial score (nSPS) is 15.5. The van der Waals surface area contributed by atoms with Crippen molar-refractivity contribution in [2.75, 3.05) is 12.0 Å². The van der Waals surface area contributed by atoms with Crippen LogP contribution >= 0.6 is 0 Å². The van der Waals surface area contributed by atoms with Crippen LogP contribution in [0, 0.1) is 5.92 Å². The van der Waals surface area contributed by atoms with Crippen LogP contribution in [0.2, 0.25) is 0 Å². The number of rotatable bonds is 5. The highest BCUT2D eigenvalue weighted by molar-refractivity contribution is 6.04. The molecule has 1 heterocycles. The van der Waals surface area contributed by atoms with E-state index in [-0.39, 0.29) is 11.9 Å². The minimum Gasteiger partial charge on any atom is -0.497 e. The Morgan fingerprint density at radius 3 is 2.52 bits per heavy atom. The lowest BCUT2D eigenvalue weighted by atomic mass is 10.1. The van der Waals surface area contributed by atoms with Crippen LogP contribution in [0.15, 0.2) is 47.1 Å². The molecule has 1 atom stereocenters. The van der Waals surface area contributed by atoms with Gasteiger partial charge >= 0.3 is 0 Å². The van der Waals surface area contributed by atoms with Crippen molar-refractivity contribution in [1.82, 2.24) is 0 Å². The summed E-state index contributed by atoms with van der Waals surface area (Å²) < 4.78 is 10.5. The number of hydrogen-bond donors (Lipinski definition) is 0. The zero-order chi connectivity index (χ0) is 14.8. The maximum Gasteiger partial charge on any atom is 0.294 e. The van der Waals surface area contributed by atoms with E-state index in [0.29, 0.717) is 11.7 Å². The first-order chi connectivity index (χ1) is 10.2. The van der Waals surface area contributed by atoms with Crippen molar-refractivity contribution in [3.8, 4) is 5.75 Å². The summed E-state index contributed by atoms with van der Waals surface area (Å²) in [5.74, 6) is 1.64. The van der Waals surface area contributed by atoms with E-state index in [9.17, 15) is 4.79 Å². The number of nitrogens with zero attached hydrogens (tertiary/aromatic N) is 1. The van der Waals surface area contributed by atoms with E-state index in [1.54, 1.807) is 19.2 Å². The first-order valence-electron chi connectivity index (χ1n) is 7.22. The van der Waals surface area contributed by atoms with Crippen molar-refractivity contribution in [2.45, 2.75) is 25.8 Å². The molecule has 0 aliphatic heterocycles. The summed E-state index contributed by atoms with van der Waals surface area (Å²) in [7, 11) is 1.63. The van der Waals surface area contributed by atoms with Crippen LogP contribution in [0.1, 0.15) is 30.3 Å². The lowest BCUT2D eigenvalue weighted by Crippen LogP contribution is -2.40. The second-order valence-electron chi connectivity index (χ2n) is 5.43. The van der Waals surface area contributed by atoms with Crippen molar-refractivity contribution in [3.05, 3.63) is 48.4 Å². The quantitative estimate of drug-likeness (QED) is 0.840. The average Bonchev–Trinajstić information content (AvgIpc) is 3.22. The van der Waals surface area contributed by atoms with Gasteiger partial charge in [0.15, 0.2) is 5.76 Å². The van der Waals surface area contributed by atoms with Gasteiger partial charge in [0.05, 0.1) is 13.4 Å². The van der Waals surface area contributed by atoms with Gasteiger partial charge in [-0.15, -0.1) is 0 Å². The summed E-state index contributed by atoms with van der Waals surface area (Å²) in [4.78, 5) is 14.6. The number of carbonyl (C=O) groups is 1. The minimum absolute atomic E-state index is 0.0930. The summed E-state index contributed by atoms with van der Waals surface area (Å²) in [6.45, 7) is 2.10. The summed E-state index contributed by atoms with van der Waals surface area (Å²) >= 11 is 0. The lowest BCUT2D eigenvalue weighted by molar-refractivity contribution is 0.0948. The van der Waals surface area contributed by atoms with Gasteiger partial charge in [0.1, 0.15) is 5.75 Å². The van der Waals surface area contributed by atoms with Crippen molar-refractivity contribution < 1.29 is 13.9 Å². The molecule has 1 amide bonds. The predicted octanol–water partition coefficient (Wildman–Crippen LogP) is 3.73. The molecule has 1 aliphatic carbocycles. The molecule has 0 unspecified atom stereocenters. The Kier molecular flexibility index (Phi) is 3.69. The van der Waals surface area contributed by atoms with Crippen LogP contribution in [-0.2, 0) is 0 Å². The highest BCUT2D eigenvalue weighted by Crippen LogP contribution is 2.37. The van der Waals surface area contributed by atoms with E-state index in [1.807, 2.05) is 29.2 Å². The van der Waals surface area contributed by atoms with Crippen LogP contribution in [-0.4, -0.2) is 19.1 Å². The third-order valence-corrected chi connectivity index (χ3v) is 4.01. The van der Waals surface area contributed by atoms with E-state index in [1.165, 1.54) is 19.1 Å². The predicted molar refractivity (Wildman–Crippen MR) is 80.7 cm³/mol. The molecule has 3 rings (SSSR count). The highest BCUT2D eigenvalue weighted by Gasteiger charge is 2.36. The molecule has 0 bridgehead atoms. The first-order valence-corrected chi connectivity index (χ1v) is 7.22. The summed E-state index contributed by atoms with van der Waals surface area (Å²) in [5.41, 5.74) is 0.872. The molecule has 110 valence electrons. The molecule has 0 radical (unpaired) electrons. The third kappa shape index (κ3) is 2.79. The Bertz CT molecular complexity index is 599. The maximum atomic E-state index is 12.7. The second kappa shape index (κ2) is 5.64. The topological polar surface area (TPSA) is 42.7 Å². The molecule has 4 nitrogen and oxygen atoms in total. The van der Waals surface area contributed by atoms with Crippen LogP contribution in [0.25, 0.3) is 0 Å². The fourth-order valence-corrected chi connectivity index (χ4v) is 2.59. The Hall–Kier alpha value is -2.23. The third-order valence-electron chi connectivity index (χ3n) is 4.01. The van der Waals surface area contributed by atoms with Gasteiger partial charge in [0, 0.05) is 11.7 Å². The van der Waals surface area contributed by atoms with Crippen molar-refractivity contribution in [2.24, 2.45) is 5.92 Å². The number of benzene rings is 1. The highest BCUT2D eigenvalue weighted by atomic mass is 16.5. The summed E-state index contributed by atoms with van der Waals surface area (Å²) in [6, 6.07) is 11.2. The molecule has 1 fully saturated rings. The Morgan fingerprint density at radius 2 is 2.00 bits per heavy atom. The van der Waals surface area contributed by atoms with Crippen LogP contribution in [0.3, 0.4) is 0 Å². The summed E-state index contributed by atoms with van der Waals surface area (Å²) in [6.07, 6.45) is 3.89. The van der Waals surface area contributed by atoms with Gasteiger partial charge < -0.3 is 14.1 Å². The Morgan fingerprint density at radius 1 is 1.29 bits per heavy atom. The van der Waals surface area contributed by atoms with Gasteiger partial charge in [0.25, 0.3) is 5.91 Å². The van der Waals surface area contributed by atoms with Gasteiger partial charge in [-0.3, -0.25) is 4.79 Å². The van der Waals surface area contributed by atoms with Crippen LogP contribution in [0.4, 0.5) is 5.69 Å². The van der Waals surface area contributed by atoms with Crippen LogP contribution in [0.5, 0.6) is 5.75 Å².